The largest absolute Gasteiger partial charge is 0.455 e. The number of amides is 3. The van der Waals surface area contributed by atoms with Gasteiger partial charge in [-0.3, -0.25) is 39.2 Å². The minimum absolute atomic E-state index is 0.0951. The second-order valence-corrected chi connectivity index (χ2v) is 9.31. The molecule has 0 aliphatic carbocycles. The highest BCUT2D eigenvalue weighted by Crippen LogP contribution is 2.27. The Hall–Kier alpha value is -3.82. The van der Waals surface area contributed by atoms with E-state index < -0.39 is 18.5 Å². The number of esters is 1. The predicted molar refractivity (Wildman–Crippen MR) is 140 cm³/mol. The van der Waals surface area contributed by atoms with Crippen molar-refractivity contribution in [2.45, 2.75) is 52.4 Å². The van der Waals surface area contributed by atoms with E-state index in [-0.39, 0.29) is 30.2 Å². The van der Waals surface area contributed by atoms with Crippen LogP contribution in [-0.2, 0) is 30.3 Å². The van der Waals surface area contributed by atoms with E-state index in [1.807, 2.05) is 26.0 Å². The van der Waals surface area contributed by atoms with E-state index in [0.29, 0.717) is 31.6 Å². The molecule has 2 atom stereocenters. The number of likely N-dealkylation sites (N-methyl/N-ethyl adjacent to an activating group) is 1. The molecule has 0 aromatic carbocycles. The molecule has 2 aromatic heterocycles. The summed E-state index contributed by atoms with van der Waals surface area (Å²) in [6.07, 6.45) is 9.46. The molecule has 1 unspecified atom stereocenters. The SMILES string of the molecule is CCN(CC)C(=O)COC(=O)C(CN(C(C)=O)N1CCC[C@H](CCc2ccncc2)C1=O)c1cccnc1. The third kappa shape index (κ3) is 7.60. The van der Waals surface area contributed by atoms with E-state index in [9.17, 15) is 19.2 Å². The van der Waals surface area contributed by atoms with Crippen molar-refractivity contribution in [3.05, 3.63) is 60.2 Å². The van der Waals surface area contributed by atoms with Gasteiger partial charge in [0.05, 0.1) is 6.54 Å². The van der Waals surface area contributed by atoms with Gasteiger partial charge in [0, 0.05) is 57.3 Å². The number of carbonyl (C=O) groups is 4. The van der Waals surface area contributed by atoms with Crippen LogP contribution in [0.2, 0.25) is 0 Å². The third-order valence-electron chi connectivity index (χ3n) is 6.89. The fourth-order valence-corrected chi connectivity index (χ4v) is 4.70. The molecular formula is C28H37N5O5. The van der Waals surface area contributed by atoms with Crippen LogP contribution in [0, 0.1) is 5.92 Å². The van der Waals surface area contributed by atoms with Crippen molar-refractivity contribution < 1.29 is 23.9 Å². The molecule has 0 spiro atoms. The summed E-state index contributed by atoms with van der Waals surface area (Å²) in [5.41, 5.74) is 1.64. The highest BCUT2D eigenvalue weighted by Gasteiger charge is 2.36. The van der Waals surface area contributed by atoms with Crippen LogP contribution in [0.15, 0.2) is 49.1 Å². The van der Waals surface area contributed by atoms with Crippen molar-refractivity contribution in [1.29, 1.82) is 0 Å². The highest BCUT2D eigenvalue weighted by atomic mass is 16.5. The van der Waals surface area contributed by atoms with E-state index in [2.05, 4.69) is 9.97 Å². The summed E-state index contributed by atoms with van der Waals surface area (Å²) in [6.45, 7) is 6.01. The highest BCUT2D eigenvalue weighted by molar-refractivity contribution is 5.86. The molecule has 1 aliphatic heterocycles. The number of ether oxygens (including phenoxy) is 1. The van der Waals surface area contributed by atoms with E-state index in [1.165, 1.54) is 23.1 Å². The summed E-state index contributed by atoms with van der Waals surface area (Å²) < 4.78 is 5.40. The van der Waals surface area contributed by atoms with Gasteiger partial charge in [0.25, 0.3) is 5.91 Å². The molecule has 1 saturated heterocycles. The van der Waals surface area contributed by atoms with Gasteiger partial charge in [0.1, 0.15) is 5.92 Å². The first kappa shape index (κ1) is 28.7. The summed E-state index contributed by atoms with van der Waals surface area (Å²) in [6, 6.07) is 7.28. The minimum Gasteiger partial charge on any atom is -0.455 e. The smallest absolute Gasteiger partial charge is 0.315 e. The quantitative estimate of drug-likeness (QED) is 0.393. The van der Waals surface area contributed by atoms with Crippen LogP contribution in [0.4, 0.5) is 0 Å². The number of carbonyl (C=O) groups excluding carboxylic acids is 4. The molecule has 10 heteroatoms. The number of hydrogen-bond acceptors (Lipinski definition) is 7. The van der Waals surface area contributed by atoms with Gasteiger partial charge in [0.2, 0.25) is 11.8 Å². The van der Waals surface area contributed by atoms with E-state index >= 15 is 0 Å². The summed E-state index contributed by atoms with van der Waals surface area (Å²) >= 11 is 0. The predicted octanol–water partition coefficient (Wildman–Crippen LogP) is 2.61. The standard InChI is InChI=1S/C28H37N5O5/c1-4-31(5-2)26(35)20-38-28(37)25(24-8-6-14-30-18-24)19-33(21(3)34)32-17-7-9-23(27(32)36)11-10-22-12-15-29-16-13-22/h6,8,12-16,18,23,25H,4-5,7,9-11,17,19-20H2,1-3H3/t23-,25?/m1/s1. The summed E-state index contributed by atoms with van der Waals surface area (Å²) in [7, 11) is 0. The van der Waals surface area contributed by atoms with Crippen molar-refractivity contribution in [2.75, 3.05) is 32.8 Å². The summed E-state index contributed by atoms with van der Waals surface area (Å²) in [5.74, 6) is -2.57. The molecule has 0 N–H and O–H groups in total. The first-order chi connectivity index (χ1) is 18.3. The Balaban J connectivity index is 1.75. The number of hydrogen-bond donors (Lipinski definition) is 0. The van der Waals surface area contributed by atoms with E-state index in [4.69, 9.17) is 4.74 Å². The molecule has 0 radical (unpaired) electrons. The molecule has 204 valence electrons. The van der Waals surface area contributed by atoms with E-state index in [0.717, 1.165) is 24.8 Å². The zero-order chi connectivity index (χ0) is 27.5. The van der Waals surface area contributed by atoms with Crippen molar-refractivity contribution in [3.8, 4) is 0 Å². The Labute approximate surface area is 224 Å². The van der Waals surface area contributed by atoms with E-state index in [1.54, 1.807) is 35.6 Å². The van der Waals surface area contributed by atoms with Gasteiger partial charge >= 0.3 is 5.97 Å². The molecule has 3 heterocycles. The molecule has 0 saturated carbocycles. The molecule has 0 bridgehead atoms. The number of hydrazine groups is 1. The fourth-order valence-electron chi connectivity index (χ4n) is 4.70. The van der Waals surface area contributed by atoms with Gasteiger partial charge < -0.3 is 9.64 Å². The topological polar surface area (TPSA) is 113 Å². The first-order valence-corrected chi connectivity index (χ1v) is 13.2. The number of pyridine rings is 2. The zero-order valence-corrected chi connectivity index (χ0v) is 22.4. The molecule has 3 amide bonds. The summed E-state index contributed by atoms with van der Waals surface area (Å²) in [5, 5.41) is 2.81. The second kappa shape index (κ2) is 14.2. The van der Waals surface area contributed by atoms with Crippen molar-refractivity contribution in [2.24, 2.45) is 5.92 Å². The van der Waals surface area contributed by atoms with Gasteiger partial charge in [-0.05, 0) is 68.9 Å². The summed E-state index contributed by atoms with van der Waals surface area (Å²) in [4.78, 5) is 61.6. The lowest BCUT2D eigenvalue weighted by Gasteiger charge is -2.40. The monoisotopic (exact) mass is 523 g/mol. The fraction of sp³-hybridized carbons (Fsp3) is 0.500. The molecule has 38 heavy (non-hydrogen) atoms. The van der Waals surface area contributed by atoms with Gasteiger partial charge in [-0.2, -0.15) is 0 Å². The Kier molecular flexibility index (Phi) is 10.7. The van der Waals surface area contributed by atoms with Crippen LogP contribution >= 0.6 is 0 Å². The van der Waals surface area contributed by atoms with Crippen LogP contribution in [0.5, 0.6) is 0 Å². The number of piperidine rings is 1. The minimum atomic E-state index is -0.915. The molecule has 3 rings (SSSR count). The maximum absolute atomic E-state index is 13.5. The van der Waals surface area contributed by atoms with Crippen molar-refractivity contribution in [1.82, 2.24) is 24.9 Å². The van der Waals surface area contributed by atoms with Gasteiger partial charge in [0.15, 0.2) is 6.61 Å². The average Bonchev–Trinajstić information content (AvgIpc) is 2.93. The van der Waals surface area contributed by atoms with Gasteiger partial charge in [-0.1, -0.05) is 6.07 Å². The lowest BCUT2D eigenvalue weighted by Crippen LogP contribution is -2.55. The number of rotatable bonds is 12. The van der Waals surface area contributed by atoms with Gasteiger partial charge in [-0.15, -0.1) is 0 Å². The Bertz CT molecular complexity index is 1080. The Morgan fingerprint density at radius 3 is 2.47 bits per heavy atom. The second-order valence-electron chi connectivity index (χ2n) is 9.31. The zero-order valence-electron chi connectivity index (χ0n) is 22.4. The van der Waals surface area contributed by atoms with Crippen LogP contribution in [0.3, 0.4) is 0 Å². The third-order valence-corrected chi connectivity index (χ3v) is 6.89. The molecule has 1 fully saturated rings. The van der Waals surface area contributed by atoms with Crippen LogP contribution < -0.4 is 0 Å². The molecule has 1 aliphatic rings. The molecule has 2 aromatic rings. The maximum Gasteiger partial charge on any atom is 0.315 e. The van der Waals surface area contributed by atoms with Crippen molar-refractivity contribution in [3.63, 3.8) is 0 Å². The lowest BCUT2D eigenvalue weighted by molar-refractivity contribution is -0.172. The Morgan fingerprint density at radius 2 is 1.84 bits per heavy atom. The lowest BCUT2D eigenvalue weighted by atomic mass is 9.91. The van der Waals surface area contributed by atoms with Crippen LogP contribution in [0.25, 0.3) is 0 Å². The Morgan fingerprint density at radius 1 is 1.11 bits per heavy atom. The number of aromatic nitrogens is 2. The van der Waals surface area contributed by atoms with Gasteiger partial charge in [-0.25, -0.2) is 0 Å². The first-order valence-electron chi connectivity index (χ1n) is 13.2. The average molecular weight is 524 g/mol. The van der Waals surface area contributed by atoms with Crippen LogP contribution in [0.1, 0.15) is 57.1 Å². The van der Waals surface area contributed by atoms with Crippen LogP contribution in [-0.4, -0.2) is 81.4 Å². The van der Waals surface area contributed by atoms with Crippen molar-refractivity contribution >= 4 is 23.7 Å². The normalized spacial score (nSPS) is 16.0. The number of nitrogens with zero attached hydrogens (tertiary/aromatic N) is 5. The maximum atomic E-state index is 13.5. The molecule has 10 nitrogen and oxygen atoms in total. The molecular weight excluding hydrogens is 486 g/mol. The number of aryl methyl sites for hydroxylation is 1.